The molecule has 0 aliphatic carbocycles. The molecule has 1 heterocycles. The van der Waals surface area contributed by atoms with Gasteiger partial charge in [-0.3, -0.25) is 5.10 Å². The summed E-state index contributed by atoms with van der Waals surface area (Å²) >= 11 is 0. The Hall–Kier alpha value is -2.35. The van der Waals surface area contributed by atoms with Crippen molar-refractivity contribution in [3.63, 3.8) is 0 Å². The lowest BCUT2D eigenvalue weighted by Crippen LogP contribution is -2.40. The van der Waals surface area contributed by atoms with Crippen LogP contribution in [0.5, 0.6) is 0 Å². The molecule has 23 heavy (non-hydrogen) atoms. The fourth-order valence-corrected chi connectivity index (χ4v) is 3.11. The molecule has 3 N–H and O–H groups in total. The number of hydrogen-bond donors (Lipinski definition) is 3. The Morgan fingerprint density at radius 3 is 2.39 bits per heavy atom. The van der Waals surface area contributed by atoms with Gasteiger partial charge in [0.1, 0.15) is 0 Å². The van der Waals surface area contributed by atoms with E-state index < -0.39 is 16.1 Å². The monoisotopic (exact) mass is 336 g/mol. The molecule has 0 bridgehead atoms. The average Bonchev–Trinajstić information content (AvgIpc) is 2.79. The zero-order chi connectivity index (χ0) is 17.0. The lowest BCUT2D eigenvalue weighted by atomic mass is 10.1. The maximum absolute atomic E-state index is 12.1. The third kappa shape index (κ3) is 4.32. The molecule has 0 radical (unpaired) electrons. The van der Waals surface area contributed by atoms with Crippen molar-refractivity contribution in [1.82, 2.24) is 20.2 Å². The average molecular weight is 336 g/mol. The third-order valence-corrected chi connectivity index (χ3v) is 4.85. The van der Waals surface area contributed by atoms with E-state index in [0.29, 0.717) is 13.0 Å². The highest BCUT2D eigenvalue weighted by atomic mass is 32.2. The molecule has 0 saturated heterocycles. The Bertz CT molecular complexity index is 775. The first kappa shape index (κ1) is 17.0. The molecule has 0 aliphatic heterocycles. The van der Waals surface area contributed by atoms with Crippen LogP contribution in [0.15, 0.2) is 29.2 Å². The Labute approximate surface area is 135 Å². The predicted molar refractivity (Wildman–Crippen MR) is 86.7 cm³/mol. The smallest absolute Gasteiger partial charge is 0.328 e. The lowest BCUT2D eigenvalue weighted by molar-refractivity contribution is 0.246. The van der Waals surface area contributed by atoms with E-state index in [-0.39, 0.29) is 4.90 Å². The summed E-state index contributed by atoms with van der Waals surface area (Å²) in [6.45, 7) is 5.95. The SMILES string of the molecule is Cc1ccc(S(=O)(=O)NC(=O)NCCc2c(C)n[nH]c2C)cc1. The van der Waals surface area contributed by atoms with E-state index in [1.807, 2.05) is 25.5 Å². The number of benzene rings is 1. The molecule has 0 aliphatic rings. The van der Waals surface area contributed by atoms with Crippen LogP contribution in [0.1, 0.15) is 22.5 Å². The molecule has 7 nitrogen and oxygen atoms in total. The van der Waals surface area contributed by atoms with E-state index in [2.05, 4.69) is 15.5 Å². The number of sulfonamides is 1. The lowest BCUT2D eigenvalue weighted by Gasteiger charge is -2.09. The van der Waals surface area contributed by atoms with Gasteiger partial charge in [0.05, 0.1) is 10.6 Å². The molecule has 124 valence electrons. The number of aromatic nitrogens is 2. The fourth-order valence-electron chi connectivity index (χ4n) is 2.18. The van der Waals surface area contributed by atoms with Crippen molar-refractivity contribution < 1.29 is 13.2 Å². The molecule has 2 aromatic rings. The molecular formula is C15H20N4O3S. The van der Waals surface area contributed by atoms with Crippen molar-refractivity contribution in [2.24, 2.45) is 0 Å². The van der Waals surface area contributed by atoms with Gasteiger partial charge in [-0.05, 0) is 44.9 Å². The van der Waals surface area contributed by atoms with Gasteiger partial charge in [-0.25, -0.2) is 17.9 Å². The van der Waals surface area contributed by atoms with E-state index >= 15 is 0 Å². The molecule has 1 aromatic carbocycles. The minimum atomic E-state index is -3.86. The summed E-state index contributed by atoms with van der Waals surface area (Å²) in [5.74, 6) is 0. The number of H-pyrrole nitrogens is 1. The van der Waals surface area contributed by atoms with Crippen molar-refractivity contribution >= 4 is 16.1 Å². The number of urea groups is 1. The number of aromatic amines is 1. The summed E-state index contributed by atoms with van der Waals surface area (Å²) < 4.78 is 26.1. The molecule has 1 aromatic heterocycles. The summed E-state index contributed by atoms with van der Waals surface area (Å²) in [5, 5.41) is 9.48. The maximum Gasteiger partial charge on any atom is 0.328 e. The van der Waals surface area contributed by atoms with Gasteiger partial charge in [0, 0.05) is 12.2 Å². The first-order chi connectivity index (χ1) is 10.8. The molecule has 0 spiro atoms. The van der Waals surface area contributed by atoms with Gasteiger partial charge in [-0.15, -0.1) is 0 Å². The number of hydrogen-bond acceptors (Lipinski definition) is 4. The quantitative estimate of drug-likeness (QED) is 0.771. The van der Waals surface area contributed by atoms with Crippen LogP contribution in [0, 0.1) is 20.8 Å². The summed E-state index contributed by atoms with van der Waals surface area (Å²) in [5.41, 5.74) is 3.78. The van der Waals surface area contributed by atoms with Gasteiger partial charge >= 0.3 is 6.03 Å². The Balaban J connectivity index is 1.90. The second-order valence-corrected chi connectivity index (χ2v) is 7.02. The number of carbonyl (C=O) groups excluding carboxylic acids is 1. The molecule has 0 fully saturated rings. The number of amides is 2. The van der Waals surface area contributed by atoms with E-state index in [9.17, 15) is 13.2 Å². The molecular weight excluding hydrogens is 316 g/mol. The second kappa shape index (κ2) is 6.82. The minimum absolute atomic E-state index is 0.0553. The van der Waals surface area contributed by atoms with Crippen LogP contribution in [-0.2, 0) is 16.4 Å². The van der Waals surface area contributed by atoms with Crippen molar-refractivity contribution in [1.29, 1.82) is 0 Å². The molecule has 0 atom stereocenters. The highest BCUT2D eigenvalue weighted by Gasteiger charge is 2.17. The van der Waals surface area contributed by atoms with Crippen LogP contribution in [0.25, 0.3) is 0 Å². The minimum Gasteiger partial charge on any atom is -0.337 e. The van der Waals surface area contributed by atoms with Gasteiger partial charge in [-0.2, -0.15) is 5.10 Å². The zero-order valence-corrected chi connectivity index (χ0v) is 14.1. The highest BCUT2D eigenvalue weighted by molar-refractivity contribution is 7.90. The zero-order valence-electron chi connectivity index (χ0n) is 13.3. The van der Waals surface area contributed by atoms with Gasteiger partial charge in [0.2, 0.25) is 0 Å². The van der Waals surface area contributed by atoms with Gasteiger partial charge < -0.3 is 5.32 Å². The highest BCUT2D eigenvalue weighted by Crippen LogP contribution is 2.10. The van der Waals surface area contributed by atoms with Crippen LogP contribution in [-0.4, -0.2) is 31.2 Å². The van der Waals surface area contributed by atoms with Crippen molar-refractivity contribution in [3.05, 3.63) is 46.8 Å². The number of nitrogens with zero attached hydrogens (tertiary/aromatic N) is 1. The van der Waals surface area contributed by atoms with Crippen molar-refractivity contribution in [2.75, 3.05) is 6.54 Å². The third-order valence-electron chi connectivity index (χ3n) is 3.50. The van der Waals surface area contributed by atoms with Crippen LogP contribution >= 0.6 is 0 Å². The van der Waals surface area contributed by atoms with Crippen LogP contribution in [0.3, 0.4) is 0 Å². The van der Waals surface area contributed by atoms with E-state index in [0.717, 1.165) is 22.5 Å². The summed E-state index contributed by atoms with van der Waals surface area (Å²) in [7, 11) is -3.86. The predicted octanol–water partition coefficient (Wildman–Crippen LogP) is 1.57. The molecule has 0 unspecified atom stereocenters. The summed E-state index contributed by atoms with van der Waals surface area (Å²) in [4.78, 5) is 11.8. The standard InChI is InChI=1S/C15H20N4O3S/c1-10-4-6-13(7-5-10)23(21,22)19-15(20)16-9-8-14-11(2)17-18-12(14)3/h4-7H,8-9H2,1-3H3,(H,17,18)(H2,16,19,20). The van der Waals surface area contributed by atoms with E-state index in [1.165, 1.54) is 12.1 Å². The second-order valence-electron chi connectivity index (χ2n) is 5.34. The number of nitrogens with one attached hydrogen (secondary N) is 3. The fraction of sp³-hybridized carbons (Fsp3) is 0.333. The van der Waals surface area contributed by atoms with Crippen LogP contribution in [0.4, 0.5) is 4.79 Å². The molecule has 0 saturated carbocycles. The van der Waals surface area contributed by atoms with Gasteiger partial charge in [0.25, 0.3) is 10.0 Å². The van der Waals surface area contributed by atoms with Gasteiger partial charge in [0.15, 0.2) is 0 Å². The van der Waals surface area contributed by atoms with Crippen molar-refractivity contribution in [3.8, 4) is 0 Å². The summed E-state index contributed by atoms with van der Waals surface area (Å²) in [6, 6.07) is 5.53. The Morgan fingerprint density at radius 2 is 1.83 bits per heavy atom. The largest absolute Gasteiger partial charge is 0.337 e. The Morgan fingerprint density at radius 1 is 1.17 bits per heavy atom. The summed E-state index contributed by atoms with van der Waals surface area (Å²) in [6.07, 6.45) is 0.576. The normalized spacial score (nSPS) is 11.3. The van der Waals surface area contributed by atoms with Crippen molar-refractivity contribution in [2.45, 2.75) is 32.1 Å². The topological polar surface area (TPSA) is 104 Å². The Kier molecular flexibility index (Phi) is 5.05. The molecule has 2 rings (SSSR count). The number of carbonyl (C=O) groups is 1. The van der Waals surface area contributed by atoms with E-state index in [4.69, 9.17) is 0 Å². The molecule has 2 amide bonds. The number of aryl methyl sites for hydroxylation is 3. The maximum atomic E-state index is 12.1. The van der Waals surface area contributed by atoms with Crippen LogP contribution in [0.2, 0.25) is 0 Å². The molecule has 8 heteroatoms. The van der Waals surface area contributed by atoms with Crippen LogP contribution < -0.4 is 10.0 Å². The van der Waals surface area contributed by atoms with Gasteiger partial charge in [-0.1, -0.05) is 17.7 Å². The first-order valence-electron chi connectivity index (χ1n) is 7.17. The first-order valence-corrected chi connectivity index (χ1v) is 8.65. The number of rotatable bonds is 5. The van der Waals surface area contributed by atoms with E-state index in [1.54, 1.807) is 12.1 Å².